The lowest BCUT2D eigenvalue weighted by Gasteiger charge is -2.09. The normalized spacial score (nSPS) is 10.5. The molecule has 0 spiro atoms. The molecule has 0 aliphatic heterocycles. The first kappa shape index (κ1) is 15.3. The Morgan fingerprint density at radius 1 is 1.13 bits per heavy atom. The molecule has 23 heavy (non-hydrogen) atoms. The van der Waals surface area contributed by atoms with E-state index in [-0.39, 0.29) is 12.3 Å². The summed E-state index contributed by atoms with van der Waals surface area (Å²) in [6, 6.07) is 14.8. The Balaban J connectivity index is 1.64. The number of ketones is 1. The van der Waals surface area contributed by atoms with Gasteiger partial charge in [-0.1, -0.05) is 11.6 Å². The predicted octanol–water partition coefficient (Wildman–Crippen LogP) is 4.13. The molecule has 2 aromatic carbocycles. The van der Waals surface area contributed by atoms with Crippen LogP contribution in [0.2, 0.25) is 5.02 Å². The van der Waals surface area contributed by atoms with Crippen LogP contribution in [-0.4, -0.2) is 21.9 Å². The summed E-state index contributed by atoms with van der Waals surface area (Å²) in [5.74, 6) is 0.958. The second kappa shape index (κ2) is 6.67. The van der Waals surface area contributed by atoms with Gasteiger partial charge in [0.15, 0.2) is 5.78 Å². The Kier molecular flexibility index (Phi) is 4.44. The number of nitrogens with one attached hydrogen (secondary N) is 1. The summed E-state index contributed by atoms with van der Waals surface area (Å²) < 4.78 is 2.00. The van der Waals surface area contributed by atoms with Gasteiger partial charge < -0.3 is 9.88 Å². The van der Waals surface area contributed by atoms with Crippen molar-refractivity contribution in [3.63, 3.8) is 0 Å². The van der Waals surface area contributed by atoms with Crippen molar-refractivity contribution >= 4 is 23.1 Å². The highest BCUT2D eigenvalue weighted by atomic mass is 35.5. The quantitative estimate of drug-likeness (QED) is 0.717. The standard InChI is InChI=1S/C18H16ClN3O/c1-13-20-10-11-22(13)17-8-6-16(7-9-17)21-12-18(23)14-2-4-15(19)5-3-14/h2-11,21H,12H2,1H3. The lowest BCUT2D eigenvalue weighted by molar-refractivity contribution is 0.101. The zero-order chi connectivity index (χ0) is 16.2. The molecule has 0 fully saturated rings. The summed E-state index contributed by atoms with van der Waals surface area (Å²) in [6.45, 7) is 2.20. The van der Waals surface area contributed by atoms with Gasteiger partial charge in [-0.2, -0.15) is 0 Å². The molecular weight excluding hydrogens is 310 g/mol. The predicted molar refractivity (Wildman–Crippen MR) is 92.6 cm³/mol. The number of imidazole rings is 1. The summed E-state index contributed by atoms with van der Waals surface area (Å²) in [5.41, 5.74) is 2.58. The Labute approximate surface area is 139 Å². The molecule has 1 heterocycles. The average molecular weight is 326 g/mol. The van der Waals surface area contributed by atoms with Crippen molar-refractivity contribution in [1.29, 1.82) is 0 Å². The number of halogens is 1. The molecule has 0 unspecified atom stereocenters. The van der Waals surface area contributed by atoms with Crippen LogP contribution in [-0.2, 0) is 0 Å². The minimum absolute atomic E-state index is 0.0243. The molecule has 0 atom stereocenters. The third kappa shape index (κ3) is 3.60. The van der Waals surface area contributed by atoms with Gasteiger partial charge >= 0.3 is 0 Å². The van der Waals surface area contributed by atoms with Crippen LogP contribution in [0.25, 0.3) is 5.69 Å². The fraction of sp³-hybridized carbons (Fsp3) is 0.111. The van der Waals surface area contributed by atoms with E-state index < -0.39 is 0 Å². The van der Waals surface area contributed by atoms with E-state index >= 15 is 0 Å². The van der Waals surface area contributed by atoms with Crippen LogP contribution in [0.4, 0.5) is 5.69 Å². The van der Waals surface area contributed by atoms with Crippen LogP contribution in [0.15, 0.2) is 60.9 Å². The van der Waals surface area contributed by atoms with Crippen LogP contribution in [0.3, 0.4) is 0 Å². The SMILES string of the molecule is Cc1nccn1-c1ccc(NCC(=O)c2ccc(Cl)cc2)cc1. The zero-order valence-corrected chi connectivity index (χ0v) is 13.4. The number of nitrogens with zero attached hydrogens (tertiary/aromatic N) is 2. The summed E-state index contributed by atoms with van der Waals surface area (Å²) in [6.07, 6.45) is 3.69. The van der Waals surface area contributed by atoms with Crippen molar-refractivity contribution in [2.24, 2.45) is 0 Å². The molecule has 3 aromatic rings. The topological polar surface area (TPSA) is 46.9 Å². The van der Waals surface area contributed by atoms with Crippen molar-refractivity contribution < 1.29 is 4.79 Å². The number of benzene rings is 2. The van der Waals surface area contributed by atoms with E-state index in [1.807, 2.05) is 42.0 Å². The highest BCUT2D eigenvalue weighted by Crippen LogP contribution is 2.15. The molecule has 0 aliphatic carbocycles. The Morgan fingerprint density at radius 2 is 1.83 bits per heavy atom. The Morgan fingerprint density at radius 3 is 2.43 bits per heavy atom. The third-order valence-electron chi connectivity index (χ3n) is 3.59. The first-order valence-corrected chi connectivity index (χ1v) is 7.64. The fourth-order valence-electron chi connectivity index (χ4n) is 2.31. The molecule has 1 aromatic heterocycles. The summed E-state index contributed by atoms with van der Waals surface area (Å²) in [5, 5.41) is 3.76. The van der Waals surface area contributed by atoms with E-state index in [4.69, 9.17) is 11.6 Å². The molecule has 5 heteroatoms. The van der Waals surface area contributed by atoms with Crippen LogP contribution in [0.5, 0.6) is 0 Å². The van der Waals surface area contributed by atoms with E-state index in [9.17, 15) is 4.79 Å². The summed E-state index contributed by atoms with van der Waals surface area (Å²) >= 11 is 5.82. The molecule has 3 rings (SSSR count). The van der Waals surface area contributed by atoms with Gasteiger partial charge in [-0.15, -0.1) is 0 Å². The van der Waals surface area contributed by atoms with Crippen molar-refractivity contribution in [2.45, 2.75) is 6.92 Å². The number of hydrogen-bond acceptors (Lipinski definition) is 3. The van der Waals surface area contributed by atoms with Gasteiger partial charge in [0.25, 0.3) is 0 Å². The van der Waals surface area contributed by atoms with E-state index in [0.717, 1.165) is 17.2 Å². The zero-order valence-electron chi connectivity index (χ0n) is 12.7. The van der Waals surface area contributed by atoms with Crippen LogP contribution in [0.1, 0.15) is 16.2 Å². The van der Waals surface area contributed by atoms with E-state index in [1.165, 1.54) is 0 Å². The number of rotatable bonds is 5. The maximum absolute atomic E-state index is 12.1. The van der Waals surface area contributed by atoms with Gasteiger partial charge in [-0.05, 0) is 55.5 Å². The van der Waals surface area contributed by atoms with Crippen LogP contribution >= 0.6 is 11.6 Å². The minimum Gasteiger partial charge on any atom is -0.378 e. The van der Waals surface area contributed by atoms with Crippen molar-refractivity contribution in [3.8, 4) is 5.69 Å². The molecule has 1 N–H and O–H groups in total. The summed E-state index contributed by atoms with van der Waals surface area (Å²) in [7, 11) is 0. The van der Waals surface area contributed by atoms with E-state index in [2.05, 4.69) is 10.3 Å². The monoisotopic (exact) mass is 325 g/mol. The van der Waals surface area contributed by atoms with Gasteiger partial charge in [0, 0.05) is 34.4 Å². The van der Waals surface area contributed by atoms with Gasteiger partial charge in [0.2, 0.25) is 0 Å². The van der Waals surface area contributed by atoms with Crippen LogP contribution < -0.4 is 5.32 Å². The molecule has 0 aliphatic rings. The second-order valence-electron chi connectivity index (χ2n) is 5.17. The molecule has 116 valence electrons. The highest BCUT2D eigenvalue weighted by molar-refractivity contribution is 6.30. The largest absolute Gasteiger partial charge is 0.378 e. The van der Waals surface area contributed by atoms with Crippen molar-refractivity contribution in [2.75, 3.05) is 11.9 Å². The number of aromatic nitrogens is 2. The number of carbonyl (C=O) groups excluding carboxylic acids is 1. The molecule has 0 saturated carbocycles. The lowest BCUT2D eigenvalue weighted by Crippen LogP contribution is -2.13. The fourth-order valence-corrected chi connectivity index (χ4v) is 2.44. The molecular formula is C18H16ClN3O. The van der Waals surface area contributed by atoms with Crippen molar-refractivity contribution in [3.05, 3.63) is 77.3 Å². The van der Waals surface area contributed by atoms with Gasteiger partial charge in [-0.3, -0.25) is 4.79 Å². The molecule has 4 nitrogen and oxygen atoms in total. The smallest absolute Gasteiger partial charge is 0.181 e. The summed E-state index contributed by atoms with van der Waals surface area (Å²) in [4.78, 5) is 16.3. The third-order valence-corrected chi connectivity index (χ3v) is 3.84. The maximum atomic E-state index is 12.1. The number of Topliss-reactive ketones (excluding diaryl/α,β-unsaturated/α-hetero) is 1. The molecule has 0 saturated heterocycles. The number of hydrogen-bond donors (Lipinski definition) is 1. The number of carbonyl (C=O) groups is 1. The Bertz CT molecular complexity index is 807. The second-order valence-corrected chi connectivity index (χ2v) is 5.61. The minimum atomic E-state index is 0.0243. The molecule has 0 radical (unpaired) electrons. The number of anilines is 1. The van der Waals surface area contributed by atoms with Crippen molar-refractivity contribution in [1.82, 2.24) is 9.55 Å². The first-order chi connectivity index (χ1) is 11.1. The van der Waals surface area contributed by atoms with Gasteiger partial charge in [-0.25, -0.2) is 4.98 Å². The molecule has 0 amide bonds. The number of aryl methyl sites for hydroxylation is 1. The van der Waals surface area contributed by atoms with E-state index in [0.29, 0.717) is 10.6 Å². The van der Waals surface area contributed by atoms with Gasteiger partial charge in [0.1, 0.15) is 5.82 Å². The van der Waals surface area contributed by atoms with E-state index in [1.54, 1.807) is 30.5 Å². The van der Waals surface area contributed by atoms with Crippen LogP contribution in [0, 0.1) is 6.92 Å². The Hall–Kier alpha value is -2.59. The lowest BCUT2D eigenvalue weighted by atomic mass is 10.1. The maximum Gasteiger partial charge on any atom is 0.181 e. The first-order valence-electron chi connectivity index (χ1n) is 7.26. The highest BCUT2D eigenvalue weighted by Gasteiger charge is 2.06. The molecule has 0 bridgehead atoms. The van der Waals surface area contributed by atoms with Gasteiger partial charge in [0.05, 0.1) is 6.54 Å². The average Bonchev–Trinajstić information content (AvgIpc) is 3.00.